The van der Waals surface area contributed by atoms with Gasteiger partial charge in [-0.05, 0) is 51.2 Å². The highest BCUT2D eigenvalue weighted by Gasteiger charge is 2.29. The molecular formula is C15H22O3. The first-order chi connectivity index (χ1) is 8.57. The fourth-order valence-electron chi connectivity index (χ4n) is 2.49. The molecule has 0 saturated heterocycles. The standard InChI is InChI=1S/C15H22O3/c1-15(2)9-8-12-13(18-15)7-6-11(5-4-10-16)14(12)17-3/h6-7,16H,4-5,8-10H2,1-3H3. The Labute approximate surface area is 109 Å². The zero-order valence-electron chi connectivity index (χ0n) is 11.5. The number of aliphatic hydroxyl groups excluding tert-OH is 1. The van der Waals surface area contributed by atoms with Crippen molar-refractivity contribution >= 4 is 0 Å². The molecule has 0 atom stereocenters. The molecule has 0 spiro atoms. The molecule has 0 amide bonds. The zero-order chi connectivity index (χ0) is 13.2. The van der Waals surface area contributed by atoms with E-state index in [4.69, 9.17) is 14.6 Å². The molecule has 3 heteroatoms. The van der Waals surface area contributed by atoms with Crippen molar-refractivity contribution in [3.63, 3.8) is 0 Å². The van der Waals surface area contributed by atoms with E-state index in [-0.39, 0.29) is 12.2 Å². The first kappa shape index (κ1) is 13.2. The summed E-state index contributed by atoms with van der Waals surface area (Å²) in [7, 11) is 1.71. The minimum atomic E-state index is -0.0926. The maximum absolute atomic E-state index is 8.93. The number of fused-ring (bicyclic) bond motifs is 1. The smallest absolute Gasteiger partial charge is 0.128 e. The molecule has 1 heterocycles. The second kappa shape index (κ2) is 5.19. The molecule has 0 aliphatic carbocycles. The number of aliphatic hydroxyl groups is 1. The molecule has 0 saturated carbocycles. The molecule has 0 bridgehead atoms. The van der Waals surface area contributed by atoms with Crippen molar-refractivity contribution in [3.05, 3.63) is 23.3 Å². The van der Waals surface area contributed by atoms with Crippen molar-refractivity contribution in [1.29, 1.82) is 0 Å². The van der Waals surface area contributed by atoms with Crippen LogP contribution < -0.4 is 9.47 Å². The van der Waals surface area contributed by atoms with Gasteiger partial charge in [-0.25, -0.2) is 0 Å². The van der Waals surface area contributed by atoms with E-state index in [0.717, 1.165) is 42.7 Å². The summed E-state index contributed by atoms with van der Waals surface area (Å²) < 4.78 is 11.5. The van der Waals surface area contributed by atoms with Crippen molar-refractivity contribution in [2.75, 3.05) is 13.7 Å². The normalized spacial score (nSPS) is 16.9. The van der Waals surface area contributed by atoms with Crippen LogP contribution in [0.3, 0.4) is 0 Å². The lowest BCUT2D eigenvalue weighted by Crippen LogP contribution is -2.32. The van der Waals surface area contributed by atoms with Gasteiger partial charge < -0.3 is 14.6 Å². The molecule has 3 nitrogen and oxygen atoms in total. The zero-order valence-corrected chi connectivity index (χ0v) is 11.5. The third-order valence-electron chi connectivity index (χ3n) is 3.47. The molecule has 1 aromatic carbocycles. The van der Waals surface area contributed by atoms with Crippen LogP contribution in [-0.4, -0.2) is 24.4 Å². The second-order valence-electron chi connectivity index (χ2n) is 5.42. The molecule has 0 aromatic heterocycles. The van der Waals surface area contributed by atoms with Crippen LogP contribution in [0.4, 0.5) is 0 Å². The molecular weight excluding hydrogens is 228 g/mol. The van der Waals surface area contributed by atoms with Gasteiger partial charge in [-0.15, -0.1) is 0 Å². The van der Waals surface area contributed by atoms with Crippen LogP contribution in [-0.2, 0) is 12.8 Å². The summed E-state index contributed by atoms with van der Waals surface area (Å²) in [6.07, 6.45) is 3.59. The highest BCUT2D eigenvalue weighted by atomic mass is 16.5. The topological polar surface area (TPSA) is 38.7 Å². The van der Waals surface area contributed by atoms with E-state index in [1.807, 2.05) is 6.07 Å². The van der Waals surface area contributed by atoms with Crippen molar-refractivity contribution < 1.29 is 14.6 Å². The van der Waals surface area contributed by atoms with E-state index in [0.29, 0.717) is 0 Å². The average molecular weight is 250 g/mol. The number of rotatable bonds is 4. The van der Waals surface area contributed by atoms with Crippen LogP contribution in [0.1, 0.15) is 37.8 Å². The number of benzene rings is 1. The molecule has 18 heavy (non-hydrogen) atoms. The summed E-state index contributed by atoms with van der Waals surface area (Å²) in [5.41, 5.74) is 2.24. The van der Waals surface area contributed by atoms with E-state index in [9.17, 15) is 0 Å². The van der Waals surface area contributed by atoms with Crippen LogP contribution >= 0.6 is 0 Å². The third kappa shape index (κ3) is 2.61. The summed E-state index contributed by atoms with van der Waals surface area (Å²) in [5, 5.41) is 8.93. The highest BCUT2D eigenvalue weighted by Crippen LogP contribution is 2.40. The summed E-state index contributed by atoms with van der Waals surface area (Å²) in [6, 6.07) is 4.08. The minimum Gasteiger partial charge on any atom is -0.496 e. The molecule has 0 radical (unpaired) electrons. The Balaban J connectivity index is 2.33. The molecule has 1 aliphatic heterocycles. The lowest BCUT2D eigenvalue weighted by Gasteiger charge is -2.33. The first-order valence-corrected chi connectivity index (χ1v) is 6.56. The van der Waals surface area contributed by atoms with Crippen molar-refractivity contribution in [1.82, 2.24) is 0 Å². The summed E-state index contributed by atoms with van der Waals surface area (Å²) in [4.78, 5) is 0. The molecule has 1 aromatic rings. The highest BCUT2D eigenvalue weighted by molar-refractivity contribution is 5.51. The third-order valence-corrected chi connectivity index (χ3v) is 3.47. The fourth-order valence-corrected chi connectivity index (χ4v) is 2.49. The lowest BCUT2D eigenvalue weighted by atomic mass is 9.91. The van der Waals surface area contributed by atoms with Crippen LogP contribution in [0, 0.1) is 0 Å². The Hall–Kier alpha value is -1.22. The summed E-state index contributed by atoms with van der Waals surface area (Å²) in [5.74, 6) is 1.88. The number of aryl methyl sites for hydroxylation is 1. The van der Waals surface area contributed by atoms with E-state index < -0.39 is 0 Å². The monoisotopic (exact) mass is 250 g/mol. The van der Waals surface area contributed by atoms with Gasteiger partial charge in [-0.3, -0.25) is 0 Å². The van der Waals surface area contributed by atoms with Crippen molar-refractivity contribution in [3.8, 4) is 11.5 Å². The predicted octanol–water partition coefficient (Wildman–Crippen LogP) is 2.72. The maximum Gasteiger partial charge on any atom is 0.128 e. The predicted molar refractivity (Wildman–Crippen MR) is 71.4 cm³/mol. The Bertz CT molecular complexity index is 424. The Kier molecular flexibility index (Phi) is 3.81. The number of hydrogen-bond donors (Lipinski definition) is 1. The van der Waals surface area contributed by atoms with Crippen LogP contribution in [0.5, 0.6) is 11.5 Å². The summed E-state index contributed by atoms with van der Waals surface area (Å²) >= 11 is 0. The average Bonchev–Trinajstić information content (AvgIpc) is 2.34. The largest absolute Gasteiger partial charge is 0.496 e. The van der Waals surface area contributed by atoms with Gasteiger partial charge in [-0.2, -0.15) is 0 Å². The molecule has 1 aliphatic rings. The van der Waals surface area contributed by atoms with Gasteiger partial charge in [0.2, 0.25) is 0 Å². The number of hydrogen-bond acceptors (Lipinski definition) is 3. The maximum atomic E-state index is 8.93. The van der Waals surface area contributed by atoms with Gasteiger partial charge in [0.15, 0.2) is 0 Å². The molecule has 100 valence electrons. The van der Waals surface area contributed by atoms with Gasteiger partial charge in [0.05, 0.1) is 7.11 Å². The van der Waals surface area contributed by atoms with Crippen LogP contribution in [0.15, 0.2) is 12.1 Å². The number of methoxy groups -OCH3 is 1. The Morgan fingerprint density at radius 1 is 1.39 bits per heavy atom. The minimum absolute atomic E-state index is 0.0926. The van der Waals surface area contributed by atoms with Crippen LogP contribution in [0.2, 0.25) is 0 Å². The van der Waals surface area contributed by atoms with Gasteiger partial charge in [0.1, 0.15) is 17.1 Å². The number of ether oxygens (including phenoxy) is 2. The molecule has 0 fully saturated rings. The van der Waals surface area contributed by atoms with E-state index in [1.165, 1.54) is 5.56 Å². The Morgan fingerprint density at radius 3 is 2.83 bits per heavy atom. The van der Waals surface area contributed by atoms with Gasteiger partial charge in [-0.1, -0.05) is 6.07 Å². The fraction of sp³-hybridized carbons (Fsp3) is 0.600. The lowest BCUT2D eigenvalue weighted by molar-refractivity contribution is 0.0835. The molecule has 0 unspecified atom stereocenters. The Morgan fingerprint density at radius 2 is 2.17 bits per heavy atom. The van der Waals surface area contributed by atoms with E-state index in [2.05, 4.69) is 19.9 Å². The quantitative estimate of drug-likeness (QED) is 0.893. The van der Waals surface area contributed by atoms with Crippen molar-refractivity contribution in [2.45, 2.75) is 45.1 Å². The second-order valence-corrected chi connectivity index (χ2v) is 5.42. The van der Waals surface area contributed by atoms with Gasteiger partial charge in [0, 0.05) is 12.2 Å². The van der Waals surface area contributed by atoms with E-state index >= 15 is 0 Å². The van der Waals surface area contributed by atoms with Gasteiger partial charge in [0.25, 0.3) is 0 Å². The van der Waals surface area contributed by atoms with Crippen LogP contribution in [0.25, 0.3) is 0 Å². The van der Waals surface area contributed by atoms with Gasteiger partial charge >= 0.3 is 0 Å². The van der Waals surface area contributed by atoms with Crippen molar-refractivity contribution in [2.24, 2.45) is 0 Å². The van der Waals surface area contributed by atoms with E-state index in [1.54, 1.807) is 7.11 Å². The first-order valence-electron chi connectivity index (χ1n) is 6.56. The molecule has 2 rings (SSSR count). The molecule has 1 N–H and O–H groups in total. The SMILES string of the molecule is COc1c(CCCO)ccc2c1CCC(C)(C)O2. The summed E-state index contributed by atoms with van der Waals surface area (Å²) in [6.45, 7) is 4.44.